The molecule has 1 aromatic rings. The zero-order valence-electron chi connectivity index (χ0n) is 29.0. The maximum Gasteiger partial charge on any atom is 0.410 e. The van der Waals surface area contributed by atoms with Crippen LogP contribution in [0.4, 0.5) is 9.18 Å². The summed E-state index contributed by atoms with van der Waals surface area (Å²) >= 11 is 0. The number of carbonyl (C=O) groups is 4. The van der Waals surface area contributed by atoms with Crippen LogP contribution in [0.2, 0.25) is 0 Å². The predicted octanol–water partition coefficient (Wildman–Crippen LogP) is 4.45. The summed E-state index contributed by atoms with van der Waals surface area (Å²) in [5, 5.41) is 3.03. The highest BCUT2D eigenvalue weighted by molar-refractivity contribution is 5.82. The summed E-state index contributed by atoms with van der Waals surface area (Å²) in [4.78, 5) is 54.9. The minimum Gasteiger partial charge on any atom is -0.491 e. The Bertz CT molecular complexity index is 1170. The molecule has 1 N–H and O–H groups in total. The monoisotopic (exact) mass is 679 g/mol. The molecule has 2 aliphatic heterocycles. The van der Waals surface area contributed by atoms with E-state index >= 15 is 0 Å². The number of ether oxygens (including phenoxy) is 5. The van der Waals surface area contributed by atoms with Crippen LogP contribution in [-0.4, -0.2) is 112 Å². The van der Waals surface area contributed by atoms with Crippen LogP contribution in [-0.2, 0) is 33.3 Å². The molecule has 2 aliphatic rings. The van der Waals surface area contributed by atoms with E-state index in [4.69, 9.17) is 23.7 Å². The van der Waals surface area contributed by atoms with Crippen molar-refractivity contribution in [3.05, 3.63) is 29.8 Å². The highest BCUT2D eigenvalue weighted by Crippen LogP contribution is 2.27. The average molecular weight is 680 g/mol. The molecule has 48 heavy (non-hydrogen) atoms. The molecular formula is C35H54FN3O9. The van der Waals surface area contributed by atoms with E-state index in [0.29, 0.717) is 82.5 Å². The van der Waals surface area contributed by atoms with Crippen molar-refractivity contribution in [1.82, 2.24) is 15.1 Å². The Labute approximate surface area is 283 Å². The third-order valence-electron chi connectivity index (χ3n) is 8.44. The van der Waals surface area contributed by atoms with Gasteiger partial charge < -0.3 is 38.8 Å². The number of halogens is 1. The topological polar surface area (TPSA) is 133 Å². The molecule has 2 fully saturated rings. The number of hydrogen-bond donors (Lipinski definition) is 1. The molecule has 1 aromatic carbocycles. The SMILES string of the molecule is COC(=O)C[C@H](NC(=O)[C@@H]1CCCN(C(=O)CCC2CCN(C(=O)OC(C)(C)C)CC2)C1)c1cccc(OCCOCCOCCF)c1. The summed E-state index contributed by atoms with van der Waals surface area (Å²) in [6, 6.07) is 6.51. The molecule has 13 heteroatoms. The molecule has 0 radical (unpaired) electrons. The van der Waals surface area contributed by atoms with Gasteiger partial charge in [0.05, 0.1) is 51.9 Å². The van der Waals surface area contributed by atoms with Gasteiger partial charge in [-0.05, 0) is 76.5 Å². The van der Waals surface area contributed by atoms with Crippen molar-refractivity contribution in [2.24, 2.45) is 11.8 Å². The fourth-order valence-corrected chi connectivity index (χ4v) is 5.84. The molecular weight excluding hydrogens is 625 g/mol. The van der Waals surface area contributed by atoms with E-state index in [1.807, 2.05) is 26.8 Å². The zero-order chi connectivity index (χ0) is 34.9. The summed E-state index contributed by atoms with van der Waals surface area (Å²) in [5.74, 6) is -0.132. The van der Waals surface area contributed by atoms with E-state index in [1.54, 1.807) is 28.0 Å². The Morgan fingerprint density at radius 1 is 0.958 bits per heavy atom. The van der Waals surface area contributed by atoms with E-state index in [-0.39, 0.29) is 37.5 Å². The molecule has 0 bridgehead atoms. The second-order valence-electron chi connectivity index (χ2n) is 13.3. The third kappa shape index (κ3) is 14.0. The van der Waals surface area contributed by atoms with Gasteiger partial charge in [0.1, 0.15) is 24.6 Å². The van der Waals surface area contributed by atoms with Crippen molar-refractivity contribution in [2.75, 3.05) is 73.0 Å². The van der Waals surface area contributed by atoms with E-state index < -0.39 is 30.2 Å². The smallest absolute Gasteiger partial charge is 0.410 e. The Balaban J connectivity index is 1.48. The number of carbonyl (C=O) groups excluding carboxylic acids is 4. The zero-order valence-corrected chi connectivity index (χ0v) is 29.0. The van der Waals surface area contributed by atoms with E-state index in [2.05, 4.69) is 5.32 Å². The Morgan fingerprint density at radius 2 is 1.67 bits per heavy atom. The summed E-state index contributed by atoms with van der Waals surface area (Å²) in [6.07, 6.45) is 3.82. The van der Waals surface area contributed by atoms with Crippen molar-refractivity contribution >= 4 is 23.9 Å². The van der Waals surface area contributed by atoms with Gasteiger partial charge in [-0.25, -0.2) is 9.18 Å². The van der Waals surface area contributed by atoms with Gasteiger partial charge in [0.25, 0.3) is 0 Å². The highest BCUT2D eigenvalue weighted by atomic mass is 19.1. The molecule has 0 aliphatic carbocycles. The van der Waals surface area contributed by atoms with E-state index in [9.17, 15) is 23.6 Å². The lowest BCUT2D eigenvalue weighted by atomic mass is 9.91. The minimum atomic E-state index is -0.643. The van der Waals surface area contributed by atoms with Crippen LogP contribution in [0, 0.1) is 11.8 Å². The number of benzene rings is 1. The largest absolute Gasteiger partial charge is 0.491 e. The molecule has 2 heterocycles. The van der Waals surface area contributed by atoms with Crippen LogP contribution in [0.1, 0.15) is 77.3 Å². The van der Waals surface area contributed by atoms with E-state index in [1.165, 1.54) is 7.11 Å². The molecule has 3 rings (SSSR count). The Hall–Kier alpha value is -3.45. The van der Waals surface area contributed by atoms with Crippen LogP contribution in [0.15, 0.2) is 24.3 Å². The maximum atomic E-state index is 13.5. The van der Waals surface area contributed by atoms with E-state index in [0.717, 1.165) is 19.3 Å². The van der Waals surface area contributed by atoms with Gasteiger partial charge in [-0.2, -0.15) is 0 Å². The van der Waals surface area contributed by atoms with Crippen molar-refractivity contribution in [2.45, 2.75) is 77.4 Å². The van der Waals surface area contributed by atoms with Gasteiger partial charge in [-0.3, -0.25) is 14.4 Å². The van der Waals surface area contributed by atoms with Crippen molar-refractivity contribution in [1.29, 1.82) is 0 Å². The fraction of sp³-hybridized carbons (Fsp3) is 0.714. The third-order valence-corrected chi connectivity index (χ3v) is 8.44. The normalized spacial score (nSPS) is 17.8. The first kappa shape index (κ1) is 39.0. The van der Waals surface area contributed by atoms with Gasteiger partial charge in [-0.15, -0.1) is 0 Å². The van der Waals surface area contributed by atoms with Crippen LogP contribution >= 0.6 is 0 Å². The minimum absolute atomic E-state index is 0.0364. The number of esters is 1. The van der Waals surface area contributed by atoms with Gasteiger partial charge in [0.15, 0.2) is 0 Å². The average Bonchev–Trinajstić information content (AvgIpc) is 3.07. The lowest BCUT2D eigenvalue weighted by Gasteiger charge is -2.35. The first-order valence-corrected chi connectivity index (χ1v) is 17.1. The number of rotatable bonds is 17. The summed E-state index contributed by atoms with van der Waals surface area (Å²) < 4.78 is 38.7. The van der Waals surface area contributed by atoms with Crippen LogP contribution in [0.3, 0.4) is 0 Å². The molecule has 0 aromatic heterocycles. The summed E-state index contributed by atoms with van der Waals surface area (Å²) in [7, 11) is 1.30. The highest BCUT2D eigenvalue weighted by Gasteiger charge is 2.32. The summed E-state index contributed by atoms with van der Waals surface area (Å²) in [6.45, 7) is 8.49. The Morgan fingerprint density at radius 3 is 2.35 bits per heavy atom. The summed E-state index contributed by atoms with van der Waals surface area (Å²) in [5.41, 5.74) is 0.159. The number of amides is 3. The molecule has 3 amide bonds. The molecule has 0 unspecified atom stereocenters. The molecule has 2 atom stereocenters. The lowest BCUT2D eigenvalue weighted by molar-refractivity contribution is -0.141. The van der Waals surface area contributed by atoms with Crippen LogP contribution in [0.25, 0.3) is 0 Å². The van der Waals surface area contributed by atoms with Crippen molar-refractivity contribution in [3.63, 3.8) is 0 Å². The van der Waals surface area contributed by atoms with Gasteiger partial charge in [0, 0.05) is 32.6 Å². The van der Waals surface area contributed by atoms with Gasteiger partial charge >= 0.3 is 12.1 Å². The van der Waals surface area contributed by atoms with Crippen molar-refractivity contribution in [3.8, 4) is 5.75 Å². The molecule has 0 saturated carbocycles. The number of nitrogens with one attached hydrogen (secondary N) is 1. The number of nitrogens with zero attached hydrogens (tertiary/aromatic N) is 2. The second-order valence-corrected chi connectivity index (χ2v) is 13.3. The first-order valence-electron chi connectivity index (χ1n) is 17.1. The number of methoxy groups -OCH3 is 1. The number of hydrogen-bond acceptors (Lipinski definition) is 9. The van der Waals surface area contributed by atoms with Crippen LogP contribution < -0.4 is 10.1 Å². The molecule has 12 nitrogen and oxygen atoms in total. The van der Waals surface area contributed by atoms with Gasteiger partial charge in [-0.1, -0.05) is 12.1 Å². The quantitative estimate of drug-likeness (QED) is 0.187. The van der Waals surface area contributed by atoms with Crippen molar-refractivity contribution < 1.29 is 47.3 Å². The first-order chi connectivity index (χ1) is 23.0. The Kier molecular flexibility index (Phi) is 16.4. The van der Waals surface area contributed by atoms with Crippen LogP contribution in [0.5, 0.6) is 5.75 Å². The number of alkyl halides is 1. The number of piperidine rings is 2. The standard InChI is InChI=1S/C35H54FN3O9/c1-35(2,3)48-34(43)38-16-12-26(13-17-38)10-11-31(40)39-15-6-8-28(25-39)33(42)37-30(24-32(41)44-4)27-7-5-9-29(23-27)47-22-21-46-20-19-45-18-14-36/h5,7,9,23,26,28,30H,6,8,10-22,24-25H2,1-4H3,(H,37,42)/t28-,30+/m1/s1. The molecule has 2 saturated heterocycles. The fourth-order valence-electron chi connectivity index (χ4n) is 5.84. The lowest BCUT2D eigenvalue weighted by Crippen LogP contribution is -2.46. The number of likely N-dealkylation sites (tertiary alicyclic amines) is 2. The van der Waals surface area contributed by atoms with Gasteiger partial charge in [0.2, 0.25) is 11.8 Å². The maximum absolute atomic E-state index is 13.5. The predicted molar refractivity (Wildman–Crippen MR) is 176 cm³/mol. The molecule has 270 valence electrons. The second kappa shape index (κ2) is 20.2. The molecule has 0 spiro atoms.